The number of pyridine rings is 1. The number of aromatic nitrogens is 1. The molecule has 2 aromatic rings. The van der Waals surface area contributed by atoms with Gasteiger partial charge in [0.1, 0.15) is 0 Å². The molecule has 16 heavy (non-hydrogen) atoms. The van der Waals surface area contributed by atoms with E-state index in [0.29, 0.717) is 0 Å². The molecule has 0 aliphatic rings. The molecular weight excluding hydrogens is 216 g/mol. The number of hydrogen-bond donors (Lipinski definition) is 1. The van der Waals surface area contributed by atoms with Crippen molar-refractivity contribution >= 4 is 11.3 Å². The van der Waals surface area contributed by atoms with E-state index in [1.54, 1.807) is 11.3 Å². The highest BCUT2D eigenvalue weighted by atomic mass is 32.1. The van der Waals surface area contributed by atoms with Crippen LogP contribution in [0.1, 0.15) is 17.0 Å². The standard InChI is InChI=1S/C13H16N2S/c14-11(6-7-13-5-3-9-16-13)10-12-4-1-2-8-15-12/h1-5,8-9,11H,6-7,10,14H2. The van der Waals surface area contributed by atoms with Crippen molar-refractivity contribution in [2.24, 2.45) is 5.73 Å². The summed E-state index contributed by atoms with van der Waals surface area (Å²) < 4.78 is 0. The highest BCUT2D eigenvalue weighted by molar-refractivity contribution is 7.09. The van der Waals surface area contributed by atoms with E-state index in [2.05, 4.69) is 22.5 Å². The third kappa shape index (κ3) is 3.43. The average molecular weight is 232 g/mol. The minimum Gasteiger partial charge on any atom is -0.327 e. The van der Waals surface area contributed by atoms with Gasteiger partial charge in [0.05, 0.1) is 0 Å². The van der Waals surface area contributed by atoms with Crippen molar-refractivity contribution in [3.63, 3.8) is 0 Å². The van der Waals surface area contributed by atoms with Crippen LogP contribution in [0.4, 0.5) is 0 Å². The van der Waals surface area contributed by atoms with Gasteiger partial charge >= 0.3 is 0 Å². The van der Waals surface area contributed by atoms with Gasteiger partial charge in [0.2, 0.25) is 0 Å². The van der Waals surface area contributed by atoms with Gasteiger partial charge < -0.3 is 5.73 Å². The lowest BCUT2D eigenvalue weighted by Gasteiger charge is -2.09. The lowest BCUT2D eigenvalue weighted by molar-refractivity contribution is 0.606. The van der Waals surface area contributed by atoms with Crippen LogP contribution < -0.4 is 5.73 Å². The Bertz CT molecular complexity index is 397. The predicted molar refractivity (Wildman–Crippen MR) is 68.6 cm³/mol. The Morgan fingerprint density at radius 1 is 1.25 bits per heavy atom. The van der Waals surface area contributed by atoms with Crippen molar-refractivity contribution in [2.75, 3.05) is 0 Å². The van der Waals surface area contributed by atoms with Crippen LogP contribution in [-0.2, 0) is 12.8 Å². The van der Waals surface area contributed by atoms with Gasteiger partial charge in [0.25, 0.3) is 0 Å². The maximum Gasteiger partial charge on any atom is 0.0419 e. The van der Waals surface area contributed by atoms with E-state index < -0.39 is 0 Å². The lowest BCUT2D eigenvalue weighted by Crippen LogP contribution is -2.23. The van der Waals surface area contributed by atoms with Crippen molar-refractivity contribution in [3.8, 4) is 0 Å². The topological polar surface area (TPSA) is 38.9 Å². The normalized spacial score (nSPS) is 12.6. The largest absolute Gasteiger partial charge is 0.327 e. The minimum absolute atomic E-state index is 0.206. The molecule has 3 heteroatoms. The minimum atomic E-state index is 0.206. The summed E-state index contributed by atoms with van der Waals surface area (Å²) in [5.41, 5.74) is 7.17. The summed E-state index contributed by atoms with van der Waals surface area (Å²) in [6, 6.07) is 10.4. The van der Waals surface area contributed by atoms with Gasteiger partial charge in [-0.25, -0.2) is 0 Å². The zero-order valence-corrected chi connectivity index (χ0v) is 9.99. The molecule has 2 heterocycles. The van der Waals surface area contributed by atoms with Crippen LogP contribution in [0.15, 0.2) is 41.9 Å². The maximum absolute atomic E-state index is 6.09. The SMILES string of the molecule is NC(CCc1cccs1)Cc1ccccn1. The molecule has 0 saturated heterocycles. The molecule has 2 N–H and O–H groups in total. The van der Waals surface area contributed by atoms with Gasteiger partial charge in [0, 0.05) is 29.2 Å². The van der Waals surface area contributed by atoms with E-state index in [1.165, 1.54) is 4.88 Å². The Balaban J connectivity index is 1.78. The predicted octanol–water partition coefficient (Wildman–Crippen LogP) is 2.65. The number of thiophene rings is 1. The number of nitrogens with two attached hydrogens (primary N) is 1. The second-order valence-electron chi connectivity index (χ2n) is 3.90. The Morgan fingerprint density at radius 3 is 2.88 bits per heavy atom. The molecule has 0 fully saturated rings. The fourth-order valence-corrected chi connectivity index (χ4v) is 2.40. The zero-order chi connectivity index (χ0) is 11.2. The van der Waals surface area contributed by atoms with Crippen molar-refractivity contribution in [1.82, 2.24) is 4.98 Å². The number of aryl methyl sites for hydroxylation is 1. The van der Waals surface area contributed by atoms with E-state index in [4.69, 9.17) is 5.73 Å². The van der Waals surface area contributed by atoms with Crippen molar-refractivity contribution in [1.29, 1.82) is 0 Å². The van der Waals surface area contributed by atoms with E-state index >= 15 is 0 Å². The van der Waals surface area contributed by atoms with E-state index in [9.17, 15) is 0 Å². The quantitative estimate of drug-likeness (QED) is 0.860. The summed E-state index contributed by atoms with van der Waals surface area (Å²) in [6.45, 7) is 0. The third-order valence-electron chi connectivity index (χ3n) is 2.54. The molecule has 0 spiro atoms. The molecule has 0 amide bonds. The Labute approximate surface area is 100 Å². The van der Waals surface area contributed by atoms with Gasteiger partial charge in [-0.2, -0.15) is 0 Å². The number of rotatable bonds is 5. The molecular formula is C13H16N2S. The first-order valence-corrected chi connectivity index (χ1v) is 6.40. The van der Waals surface area contributed by atoms with Crippen LogP contribution in [0.25, 0.3) is 0 Å². The van der Waals surface area contributed by atoms with Gasteiger partial charge in [-0.3, -0.25) is 4.98 Å². The van der Waals surface area contributed by atoms with Crippen molar-refractivity contribution in [3.05, 3.63) is 52.5 Å². The summed E-state index contributed by atoms with van der Waals surface area (Å²) in [5, 5.41) is 2.11. The Morgan fingerprint density at radius 2 is 2.19 bits per heavy atom. The summed E-state index contributed by atoms with van der Waals surface area (Å²) in [4.78, 5) is 5.70. The molecule has 0 aliphatic heterocycles. The monoisotopic (exact) mass is 232 g/mol. The first-order chi connectivity index (χ1) is 7.84. The molecule has 1 atom stereocenters. The second-order valence-corrected chi connectivity index (χ2v) is 4.94. The lowest BCUT2D eigenvalue weighted by atomic mass is 10.1. The van der Waals surface area contributed by atoms with Crippen LogP contribution in [0.3, 0.4) is 0 Å². The molecule has 2 rings (SSSR count). The third-order valence-corrected chi connectivity index (χ3v) is 3.48. The van der Waals surface area contributed by atoms with Crippen molar-refractivity contribution in [2.45, 2.75) is 25.3 Å². The van der Waals surface area contributed by atoms with Crippen LogP contribution in [0.2, 0.25) is 0 Å². The number of hydrogen-bond acceptors (Lipinski definition) is 3. The van der Waals surface area contributed by atoms with Gasteiger partial charge in [-0.05, 0) is 36.4 Å². The molecule has 0 saturated carbocycles. The molecule has 0 aromatic carbocycles. The molecule has 84 valence electrons. The molecule has 0 aliphatic carbocycles. The fourth-order valence-electron chi connectivity index (χ4n) is 1.67. The molecule has 2 aromatic heterocycles. The maximum atomic E-state index is 6.09. The first-order valence-electron chi connectivity index (χ1n) is 5.52. The average Bonchev–Trinajstić information content (AvgIpc) is 2.81. The number of nitrogens with zero attached hydrogens (tertiary/aromatic N) is 1. The van der Waals surface area contributed by atoms with Crippen LogP contribution in [0.5, 0.6) is 0 Å². The fraction of sp³-hybridized carbons (Fsp3) is 0.308. The highest BCUT2D eigenvalue weighted by Gasteiger charge is 2.05. The van der Waals surface area contributed by atoms with E-state index in [1.807, 2.05) is 24.4 Å². The van der Waals surface area contributed by atoms with E-state index in [-0.39, 0.29) is 6.04 Å². The smallest absolute Gasteiger partial charge is 0.0419 e. The molecule has 1 unspecified atom stereocenters. The first kappa shape index (κ1) is 11.3. The summed E-state index contributed by atoms with van der Waals surface area (Å²) >= 11 is 1.80. The second kappa shape index (κ2) is 5.77. The molecule has 0 radical (unpaired) electrons. The molecule has 0 bridgehead atoms. The summed E-state index contributed by atoms with van der Waals surface area (Å²) in [6.07, 6.45) is 4.79. The van der Waals surface area contributed by atoms with Gasteiger partial charge in [0.15, 0.2) is 0 Å². The van der Waals surface area contributed by atoms with E-state index in [0.717, 1.165) is 25.0 Å². The van der Waals surface area contributed by atoms with Crippen LogP contribution >= 0.6 is 11.3 Å². The summed E-state index contributed by atoms with van der Waals surface area (Å²) in [5.74, 6) is 0. The Kier molecular flexibility index (Phi) is 4.08. The molecule has 2 nitrogen and oxygen atoms in total. The van der Waals surface area contributed by atoms with Crippen LogP contribution in [0, 0.1) is 0 Å². The summed E-state index contributed by atoms with van der Waals surface area (Å²) in [7, 11) is 0. The highest BCUT2D eigenvalue weighted by Crippen LogP contribution is 2.12. The van der Waals surface area contributed by atoms with Crippen LogP contribution in [-0.4, -0.2) is 11.0 Å². The van der Waals surface area contributed by atoms with Gasteiger partial charge in [-0.15, -0.1) is 11.3 Å². The zero-order valence-electron chi connectivity index (χ0n) is 9.17. The van der Waals surface area contributed by atoms with Gasteiger partial charge in [-0.1, -0.05) is 12.1 Å². The van der Waals surface area contributed by atoms with Crippen molar-refractivity contribution < 1.29 is 0 Å². The Hall–Kier alpha value is -1.19.